The first-order valence-corrected chi connectivity index (χ1v) is 17.4. The molecule has 2 atom stereocenters. The van der Waals surface area contributed by atoms with Crippen LogP contribution in [0.1, 0.15) is 47.9 Å². The molecule has 3 aromatic carbocycles. The number of alkyl halides is 3. The van der Waals surface area contributed by atoms with Gasteiger partial charge in [0, 0.05) is 37.3 Å². The first-order valence-electron chi connectivity index (χ1n) is 17.4. The summed E-state index contributed by atoms with van der Waals surface area (Å²) in [5.74, 6) is -3.11. The predicted molar refractivity (Wildman–Crippen MR) is 202 cm³/mol. The summed E-state index contributed by atoms with van der Waals surface area (Å²) in [7, 11) is 0. The molecule has 288 valence electrons. The number of amides is 7. The van der Waals surface area contributed by atoms with Gasteiger partial charge >= 0.3 is 24.5 Å². The van der Waals surface area contributed by atoms with Crippen molar-refractivity contribution in [2.45, 2.75) is 50.7 Å². The summed E-state index contributed by atoms with van der Waals surface area (Å²) in [4.78, 5) is 64.4. The molecule has 0 aliphatic carbocycles. The monoisotopic (exact) mass is 766 g/mol. The lowest BCUT2D eigenvalue weighted by atomic mass is 9.69. The van der Waals surface area contributed by atoms with Gasteiger partial charge < -0.3 is 31.3 Å². The van der Waals surface area contributed by atoms with Gasteiger partial charge in [0.25, 0.3) is 5.91 Å². The van der Waals surface area contributed by atoms with Gasteiger partial charge in [-0.3, -0.25) is 14.8 Å². The van der Waals surface area contributed by atoms with Crippen molar-refractivity contribution >= 4 is 41.1 Å². The Kier molecular flexibility index (Phi) is 11.5. The molecule has 2 aromatic heterocycles. The van der Waals surface area contributed by atoms with Crippen molar-refractivity contribution in [2.75, 3.05) is 15.5 Å². The van der Waals surface area contributed by atoms with E-state index in [0.717, 1.165) is 40.3 Å². The third kappa shape index (κ3) is 8.70. The first kappa shape index (κ1) is 38.7. The van der Waals surface area contributed by atoms with Crippen LogP contribution < -0.4 is 36.2 Å². The number of pyridine rings is 2. The zero-order valence-electron chi connectivity index (χ0n) is 30.1. The van der Waals surface area contributed by atoms with Gasteiger partial charge in [-0.2, -0.15) is 0 Å². The maximum Gasteiger partial charge on any atom is 0.573 e. The standard InChI is InChI=1S/C40H37F3N8O5/c1-25(31-17-19-44-23-33(31)48-36(53)46-21-27-9-5-3-6-10-27)39(35(52)51(38(55)50-39)29-13-15-30(16-14-29)56-40(41,42)43)26(2)32-18-20-45-24-34(32)49-37(54)47-22-28-11-7-4-8-12-28/h3-20,23-26H,21-22H2,1-2H3,(H,50,55)(H2,46,48,53)(H2,47,49,54). The molecule has 56 heavy (non-hydrogen) atoms. The van der Waals surface area contributed by atoms with Crippen LogP contribution in [0.3, 0.4) is 0 Å². The Morgan fingerprint density at radius 2 is 1.20 bits per heavy atom. The quantitative estimate of drug-likeness (QED) is 0.0824. The number of carbonyl (C=O) groups is 4. The number of anilines is 3. The molecule has 0 radical (unpaired) electrons. The molecule has 16 heteroatoms. The highest BCUT2D eigenvalue weighted by Crippen LogP contribution is 2.47. The van der Waals surface area contributed by atoms with E-state index >= 15 is 0 Å². The number of benzene rings is 3. The Morgan fingerprint density at radius 3 is 1.64 bits per heavy atom. The number of nitrogens with one attached hydrogen (secondary N) is 5. The van der Waals surface area contributed by atoms with Crippen LogP contribution in [0.15, 0.2) is 122 Å². The minimum atomic E-state index is -4.95. The molecule has 1 fully saturated rings. The molecular formula is C40H37F3N8O5. The fraction of sp³-hybridized carbons (Fsp3) is 0.200. The van der Waals surface area contributed by atoms with Crippen LogP contribution in [-0.4, -0.2) is 45.9 Å². The summed E-state index contributed by atoms with van der Waals surface area (Å²) < 4.78 is 42.7. The number of aromatic nitrogens is 2. The van der Waals surface area contributed by atoms with Crippen LogP contribution in [0.25, 0.3) is 0 Å². The van der Waals surface area contributed by atoms with Gasteiger partial charge in [-0.1, -0.05) is 74.5 Å². The average molecular weight is 767 g/mol. The summed E-state index contributed by atoms with van der Waals surface area (Å²) >= 11 is 0. The second-order valence-electron chi connectivity index (χ2n) is 12.9. The highest BCUT2D eigenvalue weighted by atomic mass is 19.4. The van der Waals surface area contributed by atoms with Gasteiger partial charge in [-0.25, -0.2) is 19.3 Å². The van der Waals surface area contributed by atoms with Crippen LogP contribution in [0.2, 0.25) is 0 Å². The molecule has 2 unspecified atom stereocenters. The summed E-state index contributed by atoms with van der Waals surface area (Å²) in [6, 6.07) is 24.1. The third-order valence-corrected chi connectivity index (χ3v) is 9.50. The smallest absolute Gasteiger partial charge is 0.406 e. The van der Waals surface area contributed by atoms with Crippen molar-refractivity contribution in [1.29, 1.82) is 0 Å². The number of halogens is 3. The lowest BCUT2D eigenvalue weighted by Crippen LogP contribution is -2.55. The fourth-order valence-corrected chi connectivity index (χ4v) is 6.71. The molecule has 6 rings (SSSR count). The van der Waals surface area contributed by atoms with E-state index in [1.54, 1.807) is 26.0 Å². The normalized spacial score (nSPS) is 16.3. The summed E-state index contributed by atoms with van der Waals surface area (Å²) in [6.45, 7) is 3.85. The van der Waals surface area contributed by atoms with Crippen LogP contribution in [0.5, 0.6) is 5.75 Å². The summed E-state index contributed by atoms with van der Waals surface area (Å²) in [5, 5.41) is 14.1. The highest BCUT2D eigenvalue weighted by Gasteiger charge is 2.59. The lowest BCUT2D eigenvalue weighted by Gasteiger charge is -2.39. The Labute approximate surface area is 319 Å². The molecule has 1 aliphatic rings. The SMILES string of the molecule is CC(c1ccncc1NC(=O)NCc1ccccc1)C1(C(C)c2ccncc2NC(=O)NCc2ccccc2)NC(=O)N(c2ccc(OC(F)(F)F)cc2)C1=O. The number of ether oxygens (including phenoxy) is 1. The number of urea groups is 3. The van der Waals surface area contributed by atoms with Gasteiger partial charge in [0.05, 0.1) is 29.5 Å². The van der Waals surface area contributed by atoms with E-state index in [4.69, 9.17) is 0 Å². The van der Waals surface area contributed by atoms with E-state index in [1.807, 2.05) is 60.7 Å². The molecule has 1 aliphatic heterocycles. The molecular weight excluding hydrogens is 729 g/mol. The molecule has 0 bridgehead atoms. The number of hydrogen-bond acceptors (Lipinski definition) is 7. The zero-order valence-corrected chi connectivity index (χ0v) is 30.1. The van der Waals surface area contributed by atoms with Crippen molar-refractivity contribution in [3.05, 3.63) is 144 Å². The second kappa shape index (κ2) is 16.6. The number of rotatable bonds is 12. The van der Waals surface area contributed by atoms with Crippen LogP contribution >= 0.6 is 0 Å². The highest BCUT2D eigenvalue weighted by molar-refractivity contribution is 6.24. The summed E-state index contributed by atoms with van der Waals surface area (Å²) in [5.41, 5.74) is 1.23. The molecule has 0 spiro atoms. The van der Waals surface area contributed by atoms with Gasteiger partial charge in [0.15, 0.2) is 0 Å². The zero-order chi connectivity index (χ0) is 39.9. The minimum Gasteiger partial charge on any atom is -0.406 e. The van der Waals surface area contributed by atoms with E-state index < -0.39 is 53.5 Å². The Balaban J connectivity index is 1.35. The third-order valence-electron chi connectivity index (χ3n) is 9.50. The Bertz CT molecular complexity index is 2080. The Hall–Kier alpha value is -6.97. The van der Waals surface area contributed by atoms with Crippen molar-refractivity contribution in [1.82, 2.24) is 25.9 Å². The van der Waals surface area contributed by atoms with Gasteiger partial charge in [-0.05, 0) is 58.7 Å². The molecule has 0 saturated carbocycles. The number of carbonyl (C=O) groups excluding carboxylic acids is 4. The van der Waals surface area contributed by atoms with E-state index in [9.17, 15) is 32.3 Å². The van der Waals surface area contributed by atoms with Crippen molar-refractivity contribution in [3.8, 4) is 5.75 Å². The van der Waals surface area contributed by atoms with Crippen molar-refractivity contribution < 1.29 is 37.1 Å². The first-order chi connectivity index (χ1) is 26.9. The second-order valence-corrected chi connectivity index (χ2v) is 12.9. The number of hydrogen-bond donors (Lipinski definition) is 5. The van der Waals surface area contributed by atoms with E-state index in [2.05, 4.69) is 41.3 Å². The van der Waals surface area contributed by atoms with Crippen LogP contribution in [-0.2, 0) is 17.9 Å². The molecule has 7 amide bonds. The Morgan fingerprint density at radius 1 is 0.732 bits per heavy atom. The van der Waals surface area contributed by atoms with E-state index in [1.165, 1.54) is 24.8 Å². The average Bonchev–Trinajstić information content (AvgIpc) is 3.46. The van der Waals surface area contributed by atoms with Gasteiger partial charge in [0.2, 0.25) is 0 Å². The van der Waals surface area contributed by atoms with E-state index in [0.29, 0.717) is 11.1 Å². The summed E-state index contributed by atoms with van der Waals surface area (Å²) in [6.07, 6.45) is 0.840. The van der Waals surface area contributed by atoms with Crippen LogP contribution in [0.4, 0.5) is 44.6 Å². The lowest BCUT2D eigenvalue weighted by molar-refractivity contribution is -0.274. The number of nitrogens with zero attached hydrogens (tertiary/aromatic N) is 3. The predicted octanol–water partition coefficient (Wildman–Crippen LogP) is 7.42. The van der Waals surface area contributed by atoms with Gasteiger partial charge in [-0.15, -0.1) is 13.2 Å². The van der Waals surface area contributed by atoms with E-state index in [-0.39, 0.29) is 30.2 Å². The molecule has 3 heterocycles. The maximum absolute atomic E-state index is 15.0. The molecule has 13 nitrogen and oxygen atoms in total. The number of imide groups is 1. The topological polar surface area (TPSA) is 167 Å². The molecule has 5 N–H and O–H groups in total. The fourth-order valence-electron chi connectivity index (χ4n) is 6.71. The largest absolute Gasteiger partial charge is 0.573 e. The van der Waals surface area contributed by atoms with Gasteiger partial charge in [0.1, 0.15) is 11.3 Å². The van der Waals surface area contributed by atoms with Crippen molar-refractivity contribution in [3.63, 3.8) is 0 Å². The maximum atomic E-state index is 15.0. The van der Waals surface area contributed by atoms with Crippen LogP contribution in [0, 0.1) is 0 Å². The molecule has 5 aromatic rings. The van der Waals surface area contributed by atoms with Crippen molar-refractivity contribution in [2.24, 2.45) is 0 Å². The molecule has 1 saturated heterocycles. The minimum absolute atomic E-state index is 0.0231.